The largest absolute Gasteiger partial charge is 0.315 e. The van der Waals surface area contributed by atoms with E-state index in [4.69, 9.17) is 0 Å². The maximum Gasteiger partial charge on any atom is 0.00885 e. The molecule has 2 heteroatoms. The van der Waals surface area contributed by atoms with Crippen LogP contribution in [0.15, 0.2) is 47.4 Å². The molecule has 1 N–H and O–H groups in total. The Morgan fingerprint density at radius 3 is 2.32 bits per heavy atom. The predicted molar refractivity (Wildman–Crippen MR) is 84.0 cm³/mol. The van der Waals surface area contributed by atoms with E-state index in [9.17, 15) is 0 Å². The Kier molecular flexibility index (Phi) is 3.63. The molecule has 2 aromatic rings. The maximum absolute atomic E-state index is 3.33. The first-order valence-electron chi connectivity index (χ1n) is 6.73. The summed E-state index contributed by atoms with van der Waals surface area (Å²) in [6.07, 6.45) is 2.12. The number of hydrogen-bond donors (Lipinski definition) is 1. The Morgan fingerprint density at radius 2 is 1.79 bits per heavy atom. The molecule has 0 atom stereocenters. The van der Waals surface area contributed by atoms with Crippen molar-refractivity contribution < 1.29 is 0 Å². The van der Waals surface area contributed by atoms with Gasteiger partial charge in [0.05, 0.1) is 0 Å². The van der Waals surface area contributed by atoms with Crippen molar-refractivity contribution in [2.24, 2.45) is 0 Å². The summed E-state index contributed by atoms with van der Waals surface area (Å²) in [4.78, 5) is 1.33. The standard InChI is InChI=1S/C17H19NS/c1-12-9-16(19-2)7-8-17(12)14-5-3-13(4-6-14)15-10-18-11-15/h3-9,15,18H,10-11H2,1-2H3. The van der Waals surface area contributed by atoms with Gasteiger partial charge in [-0.2, -0.15) is 0 Å². The number of hydrogen-bond acceptors (Lipinski definition) is 2. The molecule has 2 aromatic carbocycles. The summed E-state index contributed by atoms with van der Waals surface area (Å²) in [6, 6.07) is 15.8. The zero-order valence-corrected chi connectivity index (χ0v) is 12.3. The fourth-order valence-electron chi connectivity index (χ4n) is 2.55. The lowest BCUT2D eigenvalue weighted by Crippen LogP contribution is -2.39. The zero-order valence-electron chi connectivity index (χ0n) is 11.4. The first-order valence-corrected chi connectivity index (χ1v) is 7.96. The summed E-state index contributed by atoms with van der Waals surface area (Å²) in [5.41, 5.74) is 5.48. The molecule has 0 aliphatic carbocycles. The number of aryl methyl sites for hydroxylation is 1. The van der Waals surface area contributed by atoms with Crippen molar-refractivity contribution in [1.82, 2.24) is 5.32 Å². The van der Waals surface area contributed by atoms with Gasteiger partial charge in [-0.15, -0.1) is 11.8 Å². The van der Waals surface area contributed by atoms with Gasteiger partial charge in [-0.3, -0.25) is 0 Å². The van der Waals surface area contributed by atoms with Gasteiger partial charge in [0.15, 0.2) is 0 Å². The molecule has 19 heavy (non-hydrogen) atoms. The van der Waals surface area contributed by atoms with Gasteiger partial charge in [-0.25, -0.2) is 0 Å². The molecule has 0 unspecified atom stereocenters. The van der Waals surface area contributed by atoms with E-state index in [2.05, 4.69) is 61.0 Å². The average molecular weight is 269 g/mol. The molecule has 0 amide bonds. The average Bonchev–Trinajstić information content (AvgIpc) is 2.38. The smallest absolute Gasteiger partial charge is 0.00885 e. The van der Waals surface area contributed by atoms with Crippen LogP contribution in [0.5, 0.6) is 0 Å². The molecule has 98 valence electrons. The highest BCUT2D eigenvalue weighted by Gasteiger charge is 2.18. The Morgan fingerprint density at radius 1 is 1.05 bits per heavy atom. The first kappa shape index (κ1) is 12.8. The number of rotatable bonds is 3. The Balaban J connectivity index is 1.89. The van der Waals surface area contributed by atoms with Gasteiger partial charge < -0.3 is 5.32 Å². The van der Waals surface area contributed by atoms with Crippen LogP contribution in [-0.2, 0) is 0 Å². The van der Waals surface area contributed by atoms with E-state index in [1.165, 1.54) is 27.1 Å². The minimum absolute atomic E-state index is 0.717. The van der Waals surface area contributed by atoms with E-state index in [1.807, 2.05) is 0 Å². The van der Waals surface area contributed by atoms with Crippen molar-refractivity contribution in [3.05, 3.63) is 53.6 Å². The van der Waals surface area contributed by atoms with Crippen molar-refractivity contribution in [2.45, 2.75) is 17.7 Å². The lowest BCUT2D eigenvalue weighted by molar-refractivity contribution is 0.448. The molecule has 1 aliphatic rings. The minimum Gasteiger partial charge on any atom is -0.315 e. The van der Waals surface area contributed by atoms with E-state index in [0.29, 0.717) is 5.92 Å². The fourth-order valence-corrected chi connectivity index (χ4v) is 3.05. The van der Waals surface area contributed by atoms with E-state index in [-0.39, 0.29) is 0 Å². The number of thioether (sulfide) groups is 1. The molecule has 0 bridgehead atoms. The molecule has 0 aromatic heterocycles. The summed E-state index contributed by atoms with van der Waals surface area (Å²) in [6.45, 7) is 4.44. The number of nitrogens with one attached hydrogen (secondary N) is 1. The monoisotopic (exact) mass is 269 g/mol. The highest BCUT2D eigenvalue weighted by molar-refractivity contribution is 7.98. The van der Waals surface area contributed by atoms with Gasteiger partial charge in [-0.1, -0.05) is 30.3 Å². The third kappa shape index (κ3) is 2.56. The third-order valence-electron chi connectivity index (χ3n) is 3.91. The van der Waals surface area contributed by atoms with Crippen molar-refractivity contribution in [1.29, 1.82) is 0 Å². The van der Waals surface area contributed by atoms with Crippen LogP contribution in [0.2, 0.25) is 0 Å². The van der Waals surface area contributed by atoms with E-state index in [0.717, 1.165) is 13.1 Å². The molecule has 1 nitrogen and oxygen atoms in total. The molecule has 0 saturated carbocycles. The van der Waals surface area contributed by atoms with Gasteiger partial charge in [0.2, 0.25) is 0 Å². The summed E-state index contributed by atoms with van der Waals surface area (Å²) < 4.78 is 0. The van der Waals surface area contributed by atoms with Gasteiger partial charge in [0, 0.05) is 23.9 Å². The first-order chi connectivity index (χ1) is 9.28. The van der Waals surface area contributed by atoms with Crippen molar-refractivity contribution in [2.75, 3.05) is 19.3 Å². The third-order valence-corrected chi connectivity index (χ3v) is 4.63. The minimum atomic E-state index is 0.717. The molecule has 0 spiro atoms. The molecule has 0 radical (unpaired) electrons. The van der Waals surface area contributed by atoms with Gasteiger partial charge in [0.1, 0.15) is 0 Å². The SMILES string of the molecule is CSc1ccc(-c2ccc(C3CNC3)cc2)c(C)c1. The van der Waals surface area contributed by atoms with Crippen LogP contribution in [0.1, 0.15) is 17.0 Å². The lowest BCUT2D eigenvalue weighted by atomic mass is 9.91. The number of benzene rings is 2. The van der Waals surface area contributed by atoms with Crippen molar-refractivity contribution >= 4 is 11.8 Å². The molecule has 1 fully saturated rings. The van der Waals surface area contributed by atoms with Crippen LogP contribution >= 0.6 is 11.8 Å². The highest BCUT2D eigenvalue weighted by Crippen LogP contribution is 2.29. The Bertz CT molecular complexity index is 570. The summed E-state index contributed by atoms with van der Waals surface area (Å²) in [7, 11) is 0. The Hall–Kier alpha value is -1.25. The van der Waals surface area contributed by atoms with Gasteiger partial charge in [-0.05, 0) is 47.6 Å². The lowest BCUT2D eigenvalue weighted by Gasteiger charge is -2.27. The molecular weight excluding hydrogens is 250 g/mol. The van der Waals surface area contributed by atoms with Crippen LogP contribution < -0.4 is 5.32 Å². The van der Waals surface area contributed by atoms with Crippen LogP contribution in [-0.4, -0.2) is 19.3 Å². The predicted octanol–water partition coefficient (Wildman–Crippen LogP) is 4.07. The second-order valence-electron chi connectivity index (χ2n) is 5.16. The van der Waals surface area contributed by atoms with Gasteiger partial charge in [0.25, 0.3) is 0 Å². The van der Waals surface area contributed by atoms with Crippen LogP contribution in [0, 0.1) is 6.92 Å². The van der Waals surface area contributed by atoms with Crippen molar-refractivity contribution in [3.63, 3.8) is 0 Å². The van der Waals surface area contributed by atoms with Crippen LogP contribution in [0.25, 0.3) is 11.1 Å². The maximum atomic E-state index is 3.33. The second kappa shape index (κ2) is 5.40. The summed E-state index contributed by atoms with van der Waals surface area (Å²) in [5, 5.41) is 3.33. The Labute approximate surface area is 119 Å². The molecular formula is C17H19NS. The van der Waals surface area contributed by atoms with E-state index < -0.39 is 0 Å². The normalized spacial score (nSPS) is 15.3. The van der Waals surface area contributed by atoms with Crippen molar-refractivity contribution in [3.8, 4) is 11.1 Å². The quantitative estimate of drug-likeness (QED) is 0.843. The fraction of sp³-hybridized carbons (Fsp3) is 0.294. The van der Waals surface area contributed by atoms with E-state index in [1.54, 1.807) is 11.8 Å². The van der Waals surface area contributed by atoms with Gasteiger partial charge >= 0.3 is 0 Å². The molecule has 1 saturated heterocycles. The van der Waals surface area contributed by atoms with Crippen LogP contribution in [0.3, 0.4) is 0 Å². The van der Waals surface area contributed by atoms with Crippen LogP contribution in [0.4, 0.5) is 0 Å². The highest BCUT2D eigenvalue weighted by atomic mass is 32.2. The molecule has 1 aliphatic heterocycles. The molecule has 3 rings (SSSR count). The molecule has 1 heterocycles. The van der Waals surface area contributed by atoms with E-state index >= 15 is 0 Å². The summed E-state index contributed by atoms with van der Waals surface area (Å²) >= 11 is 1.80. The zero-order chi connectivity index (χ0) is 13.2. The second-order valence-corrected chi connectivity index (χ2v) is 6.04. The summed E-state index contributed by atoms with van der Waals surface area (Å²) in [5.74, 6) is 0.717. The topological polar surface area (TPSA) is 12.0 Å².